The summed E-state index contributed by atoms with van der Waals surface area (Å²) in [5, 5.41) is 2.64. The van der Waals surface area contributed by atoms with Gasteiger partial charge >= 0.3 is 0 Å². The minimum Gasteiger partial charge on any atom is -0.382 e. The Labute approximate surface area is 154 Å². The molecule has 1 aromatic rings. The molecule has 0 saturated heterocycles. The van der Waals surface area contributed by atoms with E-state index in [-0.39, 0.29) is 17.4 Å². The van der Waals surface area contributed by atoms with Gasteiger partial charge in [-0.2, -0.15) is 0 Å². The van der Waals surface area contributed by atoms with E-state index in [1.165, 1.54) is 24.3 Å². The summed E-state index contributed by atoms with van der Waals surface area (Å²) in [7, 11) is -2.12. The first-order valence-corrected chi connectivity index (χ1v) is 10.0. The Morgan fingerprint density at radius 3 is 2.65 bits per heavy atom. The number of aliphatic imine (C=N–C) groups is 1. The highest BCUT2D eigenvalue weighted by Gasteiger charge is 2.17. The Bertz CT molecular complexity index is 716. The molecule has 1 heterocycles. The molecule has 1 aliphatic rings. The van der Waals surface area contributed by atoms with Crippen LogP contribution in [0.25, 0.3) is 0 Å². The van der Waals surface area contributed by atoms with Crippen molar-refractivity contribution >= 4 is 27.5 Å². The van der Waals surface area contributed by atoms with Gasteiger partial charge in [-0.05, 0) is 37.1 Å². The number of nitrogens with zero attached hydrogens (tertiary/aromatic N) is 1. The van der Waals surface area contributed by atoms with Crippen molar-refractivity contribution in [3.05, 3.63) is 24.3 Å². The molecule has 2 rings (SSSR count). The lowest BCUT2D eigenvalue weighted by Gasteiger charge is -2.11. The van der Waals surface area contributed by atoms with Crippen LogP contribution in [0.3, 0.4) is 0 Å². The number of rotatable bonds is 8. The highest BCUT2D eigenvalue weighted by Crippen LogP contribution is 2.15. The topological polar surface area (TPSA) is 106 Å². The number of carbonyl (C=O) groups excluding carboxylic acids is 1. The number of amides is 1. The molecule has 9 heteroatoms. The second-order valence-corrected chi connectivity index (χ2v) is 7.54. The van der Waals surface area contributed by atoms with Crippen molar-refractivity contribution in [1.29, 1.82) is 0 Å². The number of methoxy groups -OCH3 is 1. The molecule has 0 fully saturated rings. The van der Waals surface area contributed by atoms with Gasteiger partial charge in [-0.3, -0.25) is 14.5 Å². The van der Waals surface area contributed by atoms with Crippen LogP contribution in [-0.4, -0.2) is 53.6 Å². The summed E-state index contributed by atoms with van der Waals surface area (Å²) in [6.45, 7) is 1.30. The average Bonchev–Trinajstić information content (AvgIpc) is 2.87. The van der Waals surface area contributed by atoms with Crippen molar-refractivity contribution < 1.29 is 22.7 Å². The Morgan fingerprint density at radius 2 is 1.92 bits per heavy atom. The van der Waals surface area contributed by atoms with E-state index in [9.17, 15) is 13.2 Å². The van der Waals surface area contributed by atoms with Crippen LogP contribution < -0.4 is 10.0 Å². The van der Waals surface area contributed by atoms with E-state index in [4.69, 9.17) is 9.47 Å². The van der Waals surface area contributed by atoms with Gasteiger partial charge in [0.05, 0.1) is 18.1 Å². The summed E-state index contributed by atoms with van der Waals surface area (Å²) in [5.41, 5.74) is 0.496. The highest BCUT2D eigenvalue weighted by atomic mass is 32.2. The van der Waals surface area contributed by atoms with Crippen LogP contribution in [0.2, 0.25) is 0 Å². The third kappa shape index (κ3) is 6.74. The monoisotopic (exact) mass is 383 g/mol. The summed E-state index contributed by atoms with van der Waals surface area (Å²) in [6, 6.07) is 5.97. The average molecular weight is 383 g/mol. The molecule has 0 atom stereocenters. The molecule has 0 unspecified atom stereocenters. The highest BCUT2D eigenvalue weighted by molar-refractivity contribution is 7.90. The molecule has 0 radical (unpaired) electrons. The molecule has 0 spiro atoms. The Balaban J connectivity index is 1.91. The summed E-state index contributed by atoms with van der Waals surface area (Å²) in [4.78, 5) is 16.1. The zero-order chi connectivity index (χ0) is 18.8. The number of hydrogen-bond acceptors (Lipinski definition) is 6. The van der Waals surface area contributed by atoms with Gasteiger partial charge in [0.2, 0.25) is 5.91 Å². The molecular formula is C17H25N3O5S. The first-order valence-electron chi connectivity index (χ1n) is 8.54. The van der Waals surface area contributed by atoms with Gasteiger partial charge in [0.15, 0.2) is 0 Å². The molecule has 8 nitrogen and oxygen atoms in total. The number of carbonyl (C=O) groups is 1. The molecular weight excluding hydrogens is 358 g/mol. The minimum absolute atomic E-state index is 0.0925. The lowest BCUT2D eigenvalue weighted by atomic mass is 10.2. The lowest BCUT2D eigenvalue weighted by Crippen LogP contribution is -2.30. The molecule has 2 N–H and O–H groups in total. The van der Waals surface area contributed by atoms with E-state index in [1.807, 2.05) is 0 Å². The van der Waals surface area contributed by atoms with Gasteiger partial charge in [0.25, 0.3) is 10.0 Å². The SMILES string of the molecule is COCCOCC(=O)Nc1ccc(S(=O)(=O)NC2=NCCCCC2)cc1. The molecule has 0 aliphatic carbocycles. The molecule has 1 aromatic carbocycles. The van der Waals surface area contributed by atoms with Gasteiger partial charge < -0.3 is 14.8 Å². The van der Waals surface area contributed by atoms with Crippen molar-refractivity contribution in [2.75, 3.05) is 38.8 Å². The number of ether oxygens (including phenoxy) is 2. The van der Waals surface area contributed by atoms with Crippen molar-refractivity contribution in [1.82, 2.24) is 4.72 Å². The van der Waals surface area contributed by atoms with Crippen molar-refractivity contribution in [3.8, 4) is 0 Å². The van der Waals surface area contributed by atoms with Crippen LogP contribution in [0.15, 0.2) is 34.2 Å². The van der Waals surface area contributed by atoms with Crippen molar-refractivity contribution in [3.63, 3.8) is 0 Å². The van der Waals surface area contributed by atoms with Gasteiger partial charge in [-0.1, -0.05) is 6.42 Å². The minimum atomic E-state index is -3.67. The summed E-state index contributed by atoms with van der Waals surface area (Å²) in [6.07, 6.45) is 3.60. The van der Waals surface area contributed by atoms with Crippen LogP contribution in [0.1, 0.15) is 25.7 Å². The lowest BCUT2D eigenvalue weighted by molar-refractivity contribution is -0.121. The normalized spacial score (nSPS) is 15.0. The second kappa shape index (κ2) is 10.2. The standard InChI is InChI=1S/C17H25N3O5S/c1-24-11-12-25-13-17(21)19-14-6-8-15(9-7-14)26(22,23)20-16-5-3-2-4-10-18-16/h6-9H,2-5,10-13H2,1H3,(H,18,20)(H,19,21). The maximum absolute atomic E-state index is 12.4. The van der Waals surface area contributed by atoms with E-state index < -0.39 is 10.0 Å². The summed E-state index contributed by atoms with van der Waals surface area (Å²) >= 11 is 0. The third-order valence-corrected chi connectivity index (χ3v) is 5.14. The fraction of sp³-hybridized carbons (Fsp3) is 0.529. The van der Waals surface area contributed by atoms with Gasteiger partial charge in [0.1, 0.15) is 12.4 Å². The van der Waals surface area contributed by atoms with Crippen molar-refractivity contribution in [2.24, 2.45) is 4.99 Å². The smallest absolute Gasteiger partial charge is 0.262 e. The van der Waals surface area contributed by atoms with Crippen LogP contribution in [0.5, 0.6) is 0 Å². The number of hydrogen-bond donors (Lipinski definition) is 2. The predicted molar refractivity (Wildman–Crippen MR) is 98.9 cm³/mol. The van der Waals surface area contributed by atoms with Crippen LogP contribution in [0, 0.1) is 0 Å². The van der Waals surface area contributed by atoms with E-state index in [0.29, 0.717) is 37.7 Å². The van der Waals surface area contributed by atoms with E-state index in [1.54, 1.807) is 7.11 Å². The van der Waals surface area contributed by atoms with Crippen molar-refractivity contribution in [2.45, 2.75) is 30.6 Å². The fourth-order valence-electron chi connectivity index (χ4n) is 2.39. The van der Waals surface area contributed by atoms with E-state index in [0.717, 1.165) is 19.3 Å². The fourth-order valence-corrected chi connectivity index (χ4v) is 3.48. The van der Waals surface area contributed by atoms with Gasteiger partial charge in [0, 0.05) is 25.8 Å². The number of amidine groups is 1. The Hall–Kier alpha value is -1.97. The maximum atomic E-state index is 12.4. The quantitative estimate of drug-likeness (QED) is 0.662. The van der Waals surface area contributed by atoms with Gasteiger partial charge in [-0.25, -0.2) is 8.42 Å². The molecule has 0 aromatic heterocycles. The number of sulfonamides is 1. The molecule has 0 bridgehead atoms. The summed E-state index contributed by atoms with van der Waals surface area (Å²) < 4.78 is 37.4. The summed E-state index contributed by atoms with van der Waals surface area (Å²) in [5.74, 6) is 0.190. The zero-order valence-corrected chi connectivity index (χ0v) is 15.7. The Morgan fingerprint density at radius 1 is 1.15 bits per heavy atom. The maximum Gasteiger partial charge on any atom is 0.262 e. The van der Waals surface area contributed by atoms with Crippen LogP contribution in [0.4, 0.5) is 5.69 Å². The van der Waals surface area contributed by atoms with E-state index in [2.05, 4.69) is 15.0 Å². The first-order chi connectivity index (χ1) is 12.5. The predicted octanol–water partition coefficient (Wildman–Crippen LogP) is 1.54. The molecule has 144 valence electrons. The van der Waals surface area contributed by atoms with Crippen LogP contribution >= 0.6 is 0 Å². The first kappa shape index (κ1) is 20.3. The largest absolute Gasteiger partial charge is 0.382 e. The number of nitrogens with one attached hydrogen (secondary N) is 2. The molecule has 0 saturated carbocycles. The zero-order valence-electron chi connectivity index (χ0n) is 14.9. The molecule has 1 amide bonds. The van der Waals surface area contributed by atoms with Crippen LogP contribution in [-0.2, 0) is 24.3 Å². The van der Waals surface area contributed by atoms with Gasteiger partial charge in [-0.15, -0.1) is 0 Å². The number of benzene rings is 1. The Kier molecular flexibility index (Phi) is 8.02. The van der Waals surface area contributed by atoms with E-state index >= 15 is 0 Å². The number of anilines is 1. The molecule has 1 aliphatic heterocycles. The third-order valence-electron chi connectivity index (χ3n) is 3.74. The molecule has 26 heavy (non-hydrogen) atoms. The second-order valence-electron chi connectivity index (χ2n) is 5.86.